The van der Waals surface area contributed by atoms with Crippen LogP contribution in [-0.4, -0.2) is 44.4 Å². The van der Waals surface area contributed by atoms with Crippen LogP contribution in [0.3, 0.4) is 0 Å². The van der Waals surface area contributed by atoms with E-state index >= 15 is 4.39 Å². The fourth-order valence-corrected chi connectivity index (χ4v) is 6.92. The first-order valence-electron chi connectivity index (χ1n) is 12.4. The van der Waals surface area contributed by atoms with Crippen LogP contribution in [0.25, 0.3) is 10.6 Å². The molecule has 41 heavy (non-hydrogen) atoms. The molecule has 0 aliphatic heterocycles. The Bertz CT molecular complexity index is 1550. The van der Waals surface area contributed by atoms with E-state index in [9.17, 15) is 30.8 Å². The van der Waals surface area contributed by atoms with Crippen molar-refractivity contribution < 1.29 is 49.7 Å². The lowest BCUT2D eigenvalue weighted by atomic mass is 9.78. The first-order chi connectivity index (χ1) is 19.3. The van der Waals surface area contributed by atoms with Gasteiger partial charge in [-0.1, -0.05) is 6.07 Å². The smallest absolute Gasteiger partial charge is 0.391 e. The van der Waals surface area contributed by atoms with Crippen molar-refractivity contribution in [3.63, 3.8) is 0 Å². The minimum absolute atomic E-state index is 0.0180. The standard InChI is InChI=1S/C26H25F5N2O6S2/c1-3-39-23-15(13-4-6-14(7-5-13)26(29,30)31)8-9-16(22(23)28)24-32-21(12-40-24)41(36,37)33-19-11-18(27)17(25(34)35)10-20(19)38-2/h8-14,33H,3-7H2,1-2H3,(H,34,35). The summed E-state index contributed by atoms with van der Waals surface area (Å²) in [7, 11) is -3.31. The number of alkyl halides is 3. The van der Waals surface area contributed by atoms with E-state index in [-0.39, 0.29) is 66.0 Å². The third-order valence-electron chi connectivity index (χ3n) is 6.80. The fourth-order valence-electron chi connectivity index (χ4n) is 4.75. The highest BCUT2D eigenvalue weighted by Gasteiger charge is 2.42. The van der Waals surface area contributed by atoms with Gasteiger partial charge in [-0.15, -0.1) is 11.3 Å². The quantitative estimate of drug-likeness (QED) is 0.252. The van der Waals surface area contributed by atoms with E-state index in [1.807, 2.05) is 0 Å². The van der Waals surface area contributed by atoms with Gasteiger partial charge in [0.25, 0.3) is 10.0 Å². The average Bonchev–Trinajstić information content (AvgIpc) is 3.40. The van der Waals surface area contributed by atoms with Gasteiger partial charge in [0.2, 0.25) is 0 Å². The van der Waals surface area contributed by atoms with Crippen LogP contribution in [0.4, 0.5) is 27.6 Å². The van der Waals surface area contributed by atoms with Crippen LogP contribution >= 0.6 is 11.3 Å². The molecule has 0 atom stereocenters. The molecular weight excluding hydrogens is 595 g/mol. The number of hydrogen-bond donors (Lipinski definition) is 2. The van der Waals surface area contributed by atoms with Crippen molar-refractivity contribution in [2.24, 2.45) is 5.92 Å². The van der Waals surface area contributed by atoms with Crippen molar-refractivity contribution >= 4 is 33.0 Å². The fraction of sp³-hybridized carbons (Fsp3) is 0.385. The van der Waals surface area contributed by atoms with Gasteiger partial charge in [-0.2, -0.15) is 21.6 Å². The van der Waals surface area contributed by atoms with E-state index in [1.165, 1.54) is 6.07 Å². The topological polar surface area (TPSA) is 115 Å². The Morgan fingerprint density at radius 3 is 2.44 bits per heavy atom. The van der Waals surface area contributed by atoms with E-state index in [4.69, 9.17) is 14.6 Å². The van der Waals surface area contributed by atoms with Gasteiger partial charge in [-0.05, 0) is 50.7 Å². The highest BCUT2D eigenvalue weighted by Crippen LogP contribution is 2.46. The summed E-state index contributed by atoms with van der Waals surface area (Å²) in [6, 6.07) is 4.42. The van der Waals surface area contributed by atoms with Crippen molar-refractivity contribution in [3.8, 4) is 22.1 Å². The molecule has 222 valence electrons. The van der Waals surface area contributed by atoms with E-state index in [0.717, 1.165) is 29.9 Å². The van der Waals surface area contributed by atoms with Gasteiger partial charge < -0.3 is 14.6 Å². The Morgan fingerprint density at radius 1 is 1.17 bits per heavy atom. The Balaban J connectivity index is 1.62. The van der Waals surface area contributed by atoms with E-state index in [1.54, 1.807) is 13.0 Å². The number of rotatable bonds is 9. The van der Waals surface area contributed by atoms with E-state index in [0.29, 0.717) is 11.6 Å². The largest absolute Gasteiger partial charge is 0.495 e. The molecule has 1 aliphatic carbocycles. The molecule has 0 bridgehead atoms. The normalized spacial score (nSPS) is 17.7. The minimum atomic E-state index is -4.45. The monoisotopic (exact) mass is 620 g/mol. The van der Waals surface area contributed by atoms with Gasteiger partial charge in [-0.25, -0.2) is 18.6 Å². The molecule has 0 radical (unpaired) electrons. The summed E-state index contributed by atoms with van der Waals surface area (Å²) in [6.45, 7) is 1.72. The Kier molecular flexibility index (Phi) is 8.78. The number of hydrogen-bond acceptors (Lipinski definition) is 7. The van der Waals surface area contributed by atoms with Crippen LogP contribution < -0.4 is 14.2 Å². The third-order valence-corrected chi connectivity index (χ3v) is 9.07. The number of carboxylic acid groups (broad SMARTS) is 1. The number of ether oxygens (including phenoxy) is 2. The number of methoxy groups -OCH3 is 1. The maximum absolute atomic E-state index is 15.7. The zero-order valence-electron chi connectivity index (χ0n) is 21.7. The summed E-state index contributed by atoms with van der Waals surface area (Å²) in [6.07, 6.45) is -3.99. The molecule has 4 rings (SSSR count). The number of carboxylic acids is 1. The summed E-state index contributed by atoms with van der Waals surface area (Å²) >= 11 is 0.811. The summed E-state index contributed by atoms with van der Waals surface area (Å²) in [5, 5.41) is 9.68. The summed E-state index contributed by atoms with van der Waals surface area (Å²) < 4.78 is 108. The highest BCUT2D eigenvalue weighted by atomic mass is 32.2. The lowest BCUT2D eigenvalue weighted by Gasteiger charge is -2.31. The molecule has 0 unspecified atom stereocenters. The van der Waals surface area contributed by atoms with E-state index < -0.39 is 50.3 Å². The average molecular weight is 621 g/mol. The number of sulfonamides is 1. The number of thiazole rings is 1. The molecule has 0 spiro atoms. The van der Waals surface area contributed by atoms with Crippen molar-refractivity contribution in [1.29, 1.82) is 0 Å². The summed E-state index contributed by atoms with van der Waals surface area (Å²) in [4.78, 5) is 15.2. The summed E-state index contributed by atoms with van der Waals surface area (Å²) in [5.41, 5.74) is -0.724. The van der Waals surface area contributed by atoms with Gasteiger partial charge in [-0.3, -0.25) is 4.72 Å². The maximum Gasteiger partial charge on any atom is 0.391 e. The number of benzene rings is 2. The predicted molar refractivity (Wildman–Crippen MR) is 140 cm³/mol. The van der Waals surface area contributed by atoms with E-state index in [2.05, 4.69) is 9.71 Å². The van der Waals surface area contributed by atoms with Crippen LogP contribution in [0, 0.1) is 17.6 Å². The van der Waals surface area contributed by atoms with Crippen LogP contribution in [0.15, 0.2) is 34.7 Å². The third kappa shape index (κ3) is 6.40. The summed E-state index contributed by atoms with van der Waals surface area (Å²) in [5.74, 6) is -5.69. The number of nitrogens with one attached hydrogen (secondary N) is 1. The molecular formula is C26H25F5N2O6S2. The molecule has 8 nitrogen and oxygen atoms in total. The highest BCUT2D eigenvalue weighted by molar-refractivity contribution is 7.92. The molecule has 3 aromatic rings. The maximum atomic E-state index is 15.7. The molecule has 15 heteroatoms. The number of halogens is 5. The molecule has 1 aliphatic rings. The van der Waals surface area contributed by atoms with Gasteiger partial charge >= 0.3 is 12.1 Å². The molecule has 1 saturated carbocycles. The van der Waals surface area contributed by atoms with Crippen LogP contribution in [0.2, 0.25) is 0 Å². The lowest BCUT2D eigenvalue weighted by Crippen LogP contribution is -2.27. The van der Waals surface area contributed by atoms with Gasteiger partial charge in [0, 0.05) is 17.0 Å². The first kappa shape index (κ1) is 30.5. The zero-order chi connectivity index (χ0) is 30.1. The van der Waals surface area contributed by atoms with Crippen LogP contribution in [0.1, 0.15) is 54.4 Å². The number of nitrogens with zero attached hydrogens (tertiary/aromatic N) is 1. The van der Waals surface area contributed by atoms with Crippen LogP contribution in [-0.2, 0) is 10.0 Å². The Labute approximate surface area is 236 Å². The second kappa shape index (κ2) is 11.8. The second-order valence-electron chi connectivity index (χ2n) is 9.30. The lowest BCUT2D eigenvalue weighted by molar-refractivity contribution is -0.182. The molecule has 1 heterocycles. The van der Waals surface area contributed by atoms with Gasteiger partial charge in [0.15, 0.2) is 16.6 Å². The van der Waals surface area contributed by atoms with Crippen molar-refractivity contribution in [1.82, 2.24) is 4.98 Å². The van der Waals surface area contributed by atoms with Crippen molar-refractivity contribution in [3.05, 3.63) is 52.4 Å². The predicted octanol–water partition coefficient (Wildman–Crippen LogP) is 6.83. The minimum Gasteiger partial charge on any atom is -0.495 e. The first-order valence-corrected chi connectivity index (χ1v) is 14.7. The van der Waals surface area contributed by atoms with Crippen molar-refractivity contribution in [2.75, 3.05) is 18.4 Å². The zero-order valence-corrected chi connectivity index (χ0v) is 23.4. The second-order valence-corrected chi connectivity index (χ2v) is 11.8. The van der Waals surface area contributed by atoms with Crippen LogP contribution in [0.5, 0.6) is 11.5 Å². The molecule has 0 saturated heterocycles. The Morgan fingerprint density at radius 2 is 1.85 bits per heavy atom. The van der Waals surface area contributed by atoms with Crippen molar-refractivity contribution in [2.45, 2.75) is 49.7 Å². The number of aromatic carboxylic acids is 1. The molecule has 1 fully saturated rings. The molecule has 2 N–H and O–H groups in total. The molecule has 0 amide bonds. The number of anilines is 1. The molecule has 1 aromatic heterocycles. The SMILES string of the molecule is CCOc1c(C2CCC(C(F)(F)F)CC2)ccc(-c2nc(S(=O)(=O)Nc3cc(F)c(C(=O)O)cc3OC)cs2)c1F. The Hall–Kier alpha value is -3.46. The number of carbonyl (C=O) groups is 1. The van der Waals surface area contributed by atoms with Gasteiger partial charge in [0.1, 0.15) is 16.6 Å². The number of aromatic nitrogens is 1. The molecule has 2 aromatic carbocycles. The van der Waals surface area contributed by atoms with Gasteiger partial charge in [0.05, 0.1) is 36.4 Å².